The molecule has 0 aliphatic carbocycles. The van der Waals surface area contributed by atoms with E-state index in [0.29, 0.717) is 23.0 Å². The Morgan fingerprint density at radius 3 is 2.35 bits per heavy atom. The third-order valence-electron chi connectivity index (χ3n) is 3.45. The molecule has 0 aliphatic heterocycles. The van der Waals surface area contributed by atoms with E-state index in [1.54, 1.807) is 42.5 Å². The molecule has 2 rings (SSSR count). The maximum atomic E-state index is 12.0. The molecular weight excluding hydrogens is 337 g/mol. The first-order valence-electron chi connectivity index (χ1n) is 7.03. The van der Waals surface area contributed by atoms with Crippen LogP contribution >= 0.6 is 23.2 Å². The average Bonchev–Trinajstić information content (AvgIpc) is 2.54. The molecule has 0 aliphatic rings. The maximum Gasteiger partial charge on any atom is 0.323 e. The molecule has 0 heterocycles. The van der Waals surface area contributed by atoms with E-state index < -0.39 is 6.04 Å². The summed E-state index contributed by atoms with van der Waals surface area (Å²) in [5.41, 5.74) is 1.63. The van der Waals surface area contributed by atoms with E-state index in [0.717, 1.165) is 11.1 Å². The van der Waals surface area contributed by atoms with Gasteiger partial charge in [0.15, 0.2) is 0 Å². The van der Waals surface area contributed by atoms with Gasteiger partial charge in [0.05, 0.1) is 7.11 Å². The third kappa shape index (κ3) is 4.86. The van der Waals surface area contributed by atoms with Gasteiger partial charge in [0.25, 0.3) is 0 Å². The Bertz CT molecular complexity index is 654. The van der Waals surface area contributed by atoms with E-state index in [-0.39, 0.29) is 11.7 Å². The number of aromatic hydroxyl groups is 1. The lowest BCUT2D eigenvalue weighted by molar-refractivity contribution is -0.143. The molecule has 122 valence electrons. The number of rotatable bonds is 6. The Morgan fingerprint density at radius 1 is 1.17 bits per heavy atom. The van der Waals surface area contributed by atoms with Gasteiger partial charge in [-0.05, 0) is 36.2 Å². The van der Waals surface area contributed by atoms with Gasteiger partial charge in [0, 0.05) is 22.2 Å². The van der Waals surface area contributed by atoms with Crippen molar-refractivity contribution in [3.05, 3.63) is 63.6 Å². The molecule has 0 aromatic heterocycles. The Morgan fingerprint density at radius 2 is 1.78 bits per heavy atom. The van der Waals surface area contributed by atoms with Crippen LogP contribution in [0.25, 0.3) is 0 Å². The van der Waals surface area contributed by atoms with Gasteiger partial charge in [0.2, 0.25) is 0 Å². The van der Waals surface area contributed by atoms with Crippen LogP contribution in [0.3, 0.4) is 0 Å². The molecule has 0 spiro atoms. The van der Waals surface area contributed by atoms with Crippen molar-refractivity contribution in [2.75, 3.05) is 7.11 Å². The van der Waals surface area contributed by atoms with Gasteiger partial charge in [-0.15, -0.1) is 0 Å². The zero-order valence-corrected chi connectivity index (χ0v) is 14.1. The van der Waals surface area contributed by atoms with Crippen molar-refractivity contribution in [3.8, 4) is 5.75 Å². The minimum atomic E-state index is -0.545. The number of hydrogen-bond donors (Lipinski definition) is 2. The molecule has 2 N–H and O–H groups in total. The SMILES string of the molecule is COC(=O)[C@H](Cc1ccc(O)cc1)NCc1c(Cl)cccc1Cl. The van der Waals surface area contributed by atoms with Crippen LogP contribution in [0, 0.1) is 0 Å². The number of halogens is 2. The molecule has 1 atom stereocenters. The quantitative estimate of drug-likeness (QED) is 0.779. The second-order valence-corrected chi connectivity index (χ2v) is 5.84. The van der Waals surface area contributed by atoms with Crippen LogP contribution in [0.1, 0.15) is 11.1 Å². The summed E-state index contributed by atoms with van der Waals surface area (Å²) in [4.78, 5) is 12.0. The summed E-state index contributed by atoms with van der Waals surface area (Å²) in [5.74, 6) is -0.194. The largest absolute Gasteiger partial charge is 0.508 e. The summed E-state index contributed by atoms with van der Waals surface area (Å²) in [6.45, 7) is 0.344. The highest BCUT2D eigenvalue weighted by Gasteiger charge is 2.20. The lowest BCUT2D eigenvalue weighted by Gasteiger charge is -2.17. The Labute approximate surface area is 145 Å². The number of carbonyl (C=O) groups excluding carboxylic acids is 1. The van der Waals surface area contributed by atoms with E-state index in [1.165, 1.54) is 7.11 Å². The predicted molar refractivity (Wildman–Crippen MR) is 90.9 cm³/mol. The summed E-state index contributed by atoms with van der Waals surface area (Å²) in [6, 6.07) is 11.4. The molecular formula is C17H17Cl2NO3. The number of benzene rings is 2. The van der Waals surface area contributed by atoms with Crippen LogP contribution in [-0.4, -0.2) is 24.2 Å². The monoisotopic (exact) mass is 353 g/mol. The predicted octanol–water partition coefficient (Wildman–Crippen LogP) is 3.57. The summed E-state index contributed by atoms with van der Waals surface area (Å²) in [6.07, 6.45) is 0.426. The van der Waals surface area contributed by atoms with E-state index >= 15 is 0 Å². The van der Waals surface area contributed by atoms with Crippen molar-refractivity contribution in [2.24, 2.45) is 0 Å². The van der Waals surface area contributed by atoms with Crippen LogP contribution < -0.4 is 5.32 Å². The summed E-state index contributed by atoms with van der Waals surface area (Å²) >= 11 is 12.3. The smallest absolute Gasteiger partial charge is 0.323 e. The normalized spacial score (nSPS) is 12.0. The number of phenols is 1. The van der Waals surface area contributed by atoms with Crippen molar-refractivity contribution in [2.45, 2.75) is 19.0 Å². The molecule has 0 saturated heterocycles. The van der Waals surface area contributed by atoms with E-state index in [9.17, 15) is 9.90 Å². The van der Waals surface area contributed by atoms with Gasteiger partial charge < -0.3 is 9.84 Å². The van der Waals surface area contributed by atoms with E-state index in [1.807, 2.05) is 0 Å². The molecule has 23 heavy (non-hydrogen) atoms. The molecule has 0 fully saturated rings. The molecule has 0 saturated carbocycles. The fraction of sp³-hybridized carbons (Fsp3) is 0.235. The number of hydrogen-bond acceptors (Lipinski definition) is 4. The van der Waals surface area contributed by atoms with E-state index in [2.05, 4.69) is 5.32 Å². The Balaban J connectivity index is 2.10. The molecule has 2 aromatic rings. The second kappa shape index (κ2) is 8.20. The van der Waals surface area contributed by atoms with Crippen LogP contribution in [0.2, 0.25) is 10.0 Å². The first-order chi connectivity index (χ1) is 11.0. The fourth-order valence-electron chi connectivity index (χ4n) is 2.18. The molecule has 2 aromatic carbocycles. The Hall–Kier alpha value is -1.75. The highest BCUT2D eigenvalue weighted by molar-refractivity contribution is 6.35. The van der Waals surface area contributed by atoms with Gasteiger partial charge in [-0.1, -0.05) is 41.4 Å². The molecule has 0 unspecified atom stereocenters. The minimum absolute atomic E-state index is 0.180. The zero-order valence-electron chi connectivity index (χ0n) is 12.6. The number of nitrogens with one attached hydrogen (secondary N) is 1. The summed E-state index contributed by atoms with van der Waals surface area (Å²) in [7, 11) is 1.34. The van der Waals surface area contributed by atoms with Crippen molar-refractivity contribution >= 4 is 29.2 Å². The molecule has 0 radical (unpaired) electrons. The topological polar surface area (TPSA) is 58.6 Å². The lowest BCUT2D eigenvalue weighted by Crippen LogP contribution is -2.39. The van der Waals surface area contributed by atoms with E-state index in [4.69, 9.17) is 27.9 Å². The van der Waals surface area contributed by atoms with Crippen molar-refractivity contribution in [3.63, 3.8) is 0 Å². The highest BCUT2D eigenvalue weighted by Crippen LogP contribution is 2.24. The second-order valence-electron chi connectivity index (χ2n) is 5.03. The minimum Gasteiger partial charge on any atom is -0.508 e. The van der Waals surface area contributed by atoms with Crippen LogP contribution in [-0.2, 0) is 22.5 Å². The van der Waals surface area contributed by atoms with Crippen molar-refractivity contribution in [1.82, 2.24) is 5.32 Å². The van der Waals surface area contributed by atoms with Gasteiger partial charge in [-0.3, -0.25) is 10.1 Å². The van der Waals surface area contributed by atoms with Crippen LogP contribution in [0.5, 0.6) is 5.75 Å². The van der Waals surface area contributed by atoms with Gasteiger partial charge in [-0.2, -0.15) is 0 Å². The lowest BCUT2D eigenvalue weighted by atomic mass is 10.1. The van der Waals surface area contributed by atoms with Gasteiger partial charge in [-0.25, -0.2) is 0 Å². The number of phenolic OH excluding ortho intramolecular Hbond substituents is 1. The molecule has 4 nitrogen and oxygen atoms in total. The highest BCUT2D eigenvalue weighted by atomic mass is 35.5. The zero-order chi connectivity index (χ0) is 16.8. The summed E-state index contributed by atoms with van der Waals surface area (Å²) in [5, 5.41) is 13.5. The number of esters is 1. The fourth-order valence-corrected chi connectivity index (χ4v) is 2.71. The van der Waals surface area contributed by atoms with Crippen molar-refractivity contribution < 1.29 is 14.6 Å². The molecule has 0 bridgehead atoms. The number of methoxy groups -OCH3 is 1. The number of ether oxygens (including phenoxy) is 1. The first kappa shape index (κ1) is 17.6. The average molecular weight is 354 g/mol. The third-order valence-corrected chi connectivity index (χ3v) is 4.16. The first-order valence-corrected chi connectivity index (χ1v) is 7.79. The van der Waals surface area contributed by atoms with Crippen LogP contribution in [0.15, 0.2) is 42.5 Å². The van der Waals surface area contributed by atoms with Gasteiger partial charge >= 0.3 is 5.97 Å². The maximum absolute atomic E-state index is 12.0. The molecule has 0 amide bonds. The summed E-state index contributed by atoms with van der Waals surface area (Å²) < 4.78 is 4.84. The standard InChI is InChI=1S/C17H17Cl2NO3/c1-23-17(22)16(9-11-5-7-12(21)8-6-11)20-10-13-14(18)3-2-4-15(13)19/h2-8,16,20-21H,9-10H2,1H3/t16-/m0/s1. The van der Waals surface area contributed by atoms with Crippen LogP contribution in [0.4, 0.5) is 0 Å². The van der Waals surface area contributed by atoms with Gasteiger partial charge in [0.1, 0.15) is 11.8 Å². The molecule has 6 heteroatoms. The number of carbonyl (C=O) groups is 1. The van der Waals surface area contributed by atoms with Crippen molar-refractivity contribution in [1.29, 1.82) is 0 Å². The Kier molecular flexibility index (Phi) is 6.28.